The minimum Gasteiger partial charge on any atom is -0.294 e. The second-order valence-electron chi connectivity index (χ2n) is 5.29. The van der Waals surface area contributed by atoms with Crippen LogP contribution in [0.5, 0.6) is 0 Å². The summed E-state index contributed by atoms with van der Waals surface area (Å²) in [5.74, 6) is 0. The van der Waals surface area contributed by atoms with E-state index >= 15 is 0 Å². The van der Waals surface area contributed by atoms with Crippen molar-refractivity contribution < 1.29 is 13.2 Å². The molecule has 20 heavy (non-hydrogen) atoms. The van der Waals surface area contributed by atoms with Crippen LogP contribution in [0.2, 0.25) is 0 Å². The van der Waals surface area contributed by atoms with Crippen LogP contribution in [-0.2, 0) is 6.18 Å². The summed E-state index contributed by atoms with van der Waals surface area (Å²) in [5, 5.41) is 0. The number of halogens is 3. The Morgan fingerprint density at radius 3 is 2.00 bits per heavy atom. The molecule has 0 saturated carbocycles. The predicted molar refractivity (Wildman–Crippen MR) is 76.6 cm³/mol. The Balaban J connectivity index is 2.92. The minimum atomic E-state index is -4.26. The van der Waals surface area contributed by atoms with Gasteiger partial charge in [-0.05, 0) is 50.9 Å². The topological polar surface area (TPSA) is 3.24 Å². The van der Waals surface area contributed by atoms with Crippen LogP contribution in [0.4, 0.5) is 13.2 Å². The maximum Gasteiger partial charge on any atom is 0.416 e. The monoisotopic (exact) mass is 287 g/mol. The first-order chi connectivity index (χ1) is 9.31. The third kappa shape index (κ3) is 4.23. The summed E-state index contributed by atoms with van der Waals surface area (Å²) in [6.07, 6.45) is -2.19. The standard InChI is InChI=1S/C16H24F3N/c1-5-11-20(12(3)6-2)13(4)14-7-9-15(10-8-14)16(17,18)19/h7-10,12-13H,5-6,11H2,1-4H3/t12-,13?/m0/s1. The lowest BCUT2D eigenvalue weighted by Crippen LogP contribution is -2.35. The number of nitrogens with zero attached hydrogens (tertiary/aromatic N) is 1. The first-order valence-corrected chi connectivity index (χ1v) is 7.24. The molecule has 0 bridgehead atoms. The van der Waals surface area contributed by atoms with E-state index in [2.05, 4.69) is 32.6 Å². The molecule has 0 N–H and O–H groups in total. The van der Waals surface area contributed by atoms with Gasteiger partial charge in [0.25, 0.3) is 0 Å². The maximum atomic E-state index is 12.6. The number of rotatable bonds is 6. The Bertz CT molecular complexity index is 397. The normalized spacial score (nSPS) is 15.4. The molecule has 1 rings (SSSR count). The van der Waals surface area contributed by atoms with E-state index in [0.717, 1.165) is 24.9 Å². The zero-order chi connectivity index (χ0) is 15.3. The summed E-state index contributed by atoms with van der Waals surface area (Å²) in [6.45, 7) is 9.43. The first kappa shape index (κ1) is 17.0. The molecule has 0 aliphatic heterocycles. The van der Waals surface area contributed by atoms with Gasteiger partial charge in [0.05, 0.1) is 5.56 Å². The molecule has 0 spiro atoms. The van der Waals surface area contributed by atoms with Crippen molar-refractivity contribution in [3.05, 3.63) is 35.4 Å². The molecular weight excluding hydrogens is 263 g/mol. The maximum absolute atomic E-state index is 12.6. The van der Waals surface area contributed by atoms with Crippen molar-refractivity contribution in [3.8, 4) is 0 Å². The van der Waals surface area contributed by atoms with Crippen molar-refractivity contribution >= 4 is 0 Å². The SMILES string of the molecule is CCCN(C(C)c1ccc(C(F)(F)F)cc1)[C@@H](C)CC. The number of hydrogen-bond donors (Lipinski definition) is 0. The average molecular weight is 287 g/mol. The minimum absolute atomic E-state index is 0.132. The Kier molecular flexibility index (Phi) is 6.06. The summed E-state index contributed by atoms with van der Waals surface area (Å²) < 4.78 is 37.7. The second-order valence-corrected chi connectivity index (χ2v) is 5.29. The number of hydrogen-bond acceptors (Lipinski definition) is 1. The van der Waals surface area contributed by atoms with Gasteiger partial charge in [-0.1, -0.05) is 26.0 Å². The molecular formula is C16H24F3N. The van der Waals surface area contributed by atoms with Gasteiger partial charge in [0.1, 0.15) is 0 Å². The molecule has 0 heterocycles. The Morgan fingerprint density at radius 1 is 1.05 bits per heavy atom. The highest BCUT2D eigenvalue weighted by Gasteiger charge is 2.30. The fraction of sp³-hybridized carbons (Fsp3) is 0.625. The summed E-state index contributed by atoms with van der Waals surface area (Å²) in [7, 11) is 0. The van der Waals surface area contributed by atoms with Crippen LogP contribution in [0.15, 0.2) is 24.3 Å². The van der Waals surface area contributed by atoms with Gasteiger partial charge in [-0.3, -0.25) is 4.90 Å². The Morgan fingerprint density at radius 2 is 1.60 bits per heavy atom. The van der Waals surface area contributed by atoms with Gasteiger partial charge >= 0.3 is 6.18 Å². The third-order valence-electron chi connectivity index (χ3n) is 3.86. The lowest BCUT2D eigenvalue weighted by atomic mass is 10.0. The fourth-order valence-electron chi connectivity index (χ4n) is 2.43. The number of benzene rings is 1. The molecule has 0 aliphatic carbocycles. The molecule has 114 valence electrons. The lowest BCUT2D eigenvalue weighted by molar-refractivity contribution is -0.137. The van der Waals surface area contributed by atoms with E-state index in [1.165, 1.54) is 12.1 Å². The lowest BCUT2D eigenvalue weighted by Gasteiger charge is -2.34. The fourth-order valence-corrected chi connectivity index (χ4v) is 2.43. The van der Waals surface area contributed by atoms with Crippen molar-refractivity contribution in [2.24, 2.45) is 0 Å². The third-order valence-corrected chi connectivity index (χ3v) is 3.86. The van der Waals surface area contributed by atoms with E-state index in [1.54, 1.807) is 12.1 Å². The smallest absolute Gasteiger partial charge is 0.294 e. The van der Waals surface area contributed by atoms with Crippen LogP contribution in [0.1, 0.15) is 57.7 Å². The molecule has 1 unspecified atom stereocenters. The van der Waals surface area contributed by atoms with E-state index < -0.39 is 11.7 Å². The van der Waals surface area contributed by atoms with Crippen LogP contribution in [-0.4, -0.2) is 17.5 Å². The Hall–Kier alpha value is -1.03. The van der Waals surface area contributed by atoms with Gasteiger partial charge < -0.3 is 0 Å². The van der Waals surface area contributed by atoms with Crippen LogP contribution in [0.3, 0.4) is 0 Å². The van der Waals surface area contributed by atoms with Gasteiger partial charge in [0, 0.05) is 12.1 Å². The van der Waals surface area contributed by atoms with Gasteiger partial charge in [0.2, 0.25) is 0 Å². The van der Waals surface area contributed by atoms with Gasteiger partial charge in [0.15, 0.2) is 0 Å². The van der Waals surface area contributed by atoms with E-state index in [1.807, 2.05) is 0 Å². The van der Waals surface area contributed by atoms with Crippen LogP contribution in [0.25, 0.3) is 0 Å². The summed E-state index contributed by atoms with van der Waals surface area (Å²) in [4.78, 5) is 2.35. The average Bonchev–Trinajstić information content (AvgIpc) is 2.42. The van der Waals surface area contributed by atoms with E-state index in [4.69, 9.17) is 0 Å². The number of alkyl halides is 3. The second kappa shape index (κ2) is 7.11. The van der Waals surface area contributed by atoms with E-state index in [9.17, 15) is 13.2 Å². The molecule has 1 aromatic rings. The van der Waals surface area contributed by atoms with Crippen LogP contribution >= 0.6 is 0 Å². The molecule has 0 saturated heterocycles. The molecule has 1 nitrogen and oxygen atoms in total. The molecule has 0 fully saturated rings. The van der Waals surface area contributed by atoms with E-state index in [0.29, 0.717) is 6.04 Å². The van der Waals surface area contributed by atoms with E-state index in [-0.39, 0.29) is 6.04 Å². The molecule has 0 amide bonds. The van der Waals surface area contributed by atoms with Crippen molar-refractivity contribution in [1.29, 1.82) is 0 Å². The molecule has 0 aliphatic rings. The van der Waals surface area contributed by atoms with Crippen molar-refractivity contribution in [1.82, 2.24) is 4.90 Å². The zero-order valence-electron chi connectivity index (χ0n) is 12.7. The zero-order valence-corrected chi connectivity index (χ0v) is 12.7. The van der Waals surface area contributed by atoms with Gasteiger partial charge in [-0.25, -0.2) is 0 Å². The van der Waals surface area contributed by atoms with Crippen LogP contribution in [0, 0.1) is 0 Å². The summed E-state index contributed by atoms with van der Waals surface area (Å²) in [5.41, 5.74) is 0.353. The van der Waals surface area contributed by atoms with Gasteiger partial charge in [-0.2, -0.15) is 13.2 Å². The quantitative estimate of drug-likeness (QED) is 0.688. The molecule has 1 aromatic carbocycles. The highest BCUT2D eigenvalue weighted by atomic mass is 19.4. The molecule has 0 aromatic heterocycles. The highest BCUT2D eigenvalue weighted by molar-refractivity contribution is 5.26. The van der Waals surface area contributed by atoms with Gasteiger partial charge in [-0.15, -0.1) is 0 Å². The molecule has 2 atom stereocenters. The summed E-state index contributed by atoms with van der Waals surface area (Å²) in [6, 6.07) is 6.09. The largest absolute Gasteiger partial charge is 0.416 e. The highest BCUT2D eigenvalue weighted by Crippen LogP contribution is 2.31. The Labute approximate surface area is 119 Å². The van der Waals surface area contributed by atoms with Crippen molar-refractivity contribution in [2.75, 3.05) is 6.54 Å². The molecule has 0 radical (unpaired) electrons. The predicted octanol–water partition coefficient (Wildman–Crippen LogP) is 5.28. The van der Waals surface area contributed by atoms with Crippen LogP contribution < -0.4 is 0 Å². The summed E-state index contributed by atoms with van der Waals surface area (Å²) >= 11 is 0. The van der Waals surface area contributed by atoms with Crippen molar-refractivity contribution in [3.63, 3.8) is 0 Å². The van der Waals surface area contributed by atoms with Crippen molar-refractivity contribution in [2.45, 2.75) is 58.8 Å². The first-order valence-electron chi connectivity index (χ1n) is 7.24. The molecule has 4 heteroatoms.